The topological polar surface area (TPSA) is 167 Å². The molecule has 0 spiro atoms. The van der Waals surface area contributed by atoms with Crippen molar-refractivity contribution in [3.8, 4) is 0 Å². The van der Waals surface area contributed by atoms with E-state index in [1.54, 1.807) is 24.3 Å². The molecule has 2 atom stereocenters. The lowest BCUT2D eigenvalue weighted by atomic mass is 10.1. The van der Waals surface area contributed by atoms with Crippen molar-refractivity contribution in [2.24, 2.45) is 0 Å². The predicted molar refractivity (Wildman–Crippen MR) is 208 cm³/mol. The van der Waals surface area contributed by atoms with Gasteiger partial charge in [0.2, 0.25) is 0 Å². The molecule has 0 bridgehead atoms. The van der Waals surface area contributed by atoms with Crippen molar-refractivity contribution in [1.29, 1.82) is 0 Å². The minimum Gasteiger partial charge on any atom is -0.543 e. The maximum Gasteiger partial charge on any atom is 0.269 e. The first-order chi connectivity index (χ1) is 24.8. The Kier molecular flexibility index (Phi) is 25.6. The van der Waals surface area contributed by atoms with Gasteiger partial charge in [-0.3, -0.25) is 29.2 Å². The van der Waals surface area contributed by atoms with Crippen molar-refractivity contribution in [2.45, 2.75) is 131 Å². The summed E-state index contributed by atoms with van der Waals surface area (Å²) in [6.45, 7) is 20.0. The highest BCUT2D eigenvalue weighted by molar-refractivity contribution is 6.25. The van der Waals surface area contributed by atoms with E-state index < -0.39 is 11.9 Å². The molecule has 0 heterocycles. The molecule has 0 amide bonds. The predicted octanol–water partition coefficient (Wildman–Crippen LogP) is 7.87. The number of carboxylic acid groups (broad SMARTS) is 2. The zero-order valence-corrected chi connectivity index (χ0v) is 32.8. The van der Waals surface area contributed by atoms with Crippen molar-refractivity contribution in [3.63, 3.8) is 0 Å². The summed E-state index contributed by atoms with van der Waals surface area (Å²) in [7, 11) is 0. The third-order valence-corrected chi connectivity index (χ3v) is 9.85. The molecule has 0 saturated carbocycles. The number of nitro benzene ring substituents is 2. The van der Waals surface area contributed by atoms with Crippen LogP contribution in [-0.4, -0.2) is 61.1 Å². The van der Waals surface area contributed by atoms with Crippen LogP contribution in [0.5, 0.6) is 0 Å². The van der Waals surface area contributed by atoms with Crippen LogP contribution in [-0.2, 0) is 9.59 Å². The highest BCUT2D eigenvalue weighted by Crippen LogP contribution is 2.29. The van der Waals surface area contributed by atoms with Gasteiger partial charge < -0.3 is 19.8 Å². The minimum absolute atomic E-state index is 0.182. The number of carboxylic acids is 2. The Morgan fingerprint density at radius 1 is 0.462 bits per heavy atom. The summed E-state index contributed by atoms with van der Waals surface area (Å²) in [5, 5.41) is 39.6. The van der Waals surface area contributed by atoms with Gasteiger partial charge in [-0.15, -0.1) is 0 Å². The molecule has 0 aliphatic rings. The number of non-ortho nitro benzene ring substituents is 2. The third kappa shape index (κ3) is 18.0. The van der Waals surface area contributed by atoms with E-state index in [-0.39, 0.29) is 21.2 Å². The number of nitrogens with zero attached hydrogens (tertiary/aromatic N) is 4. The molecule has 0 aromatic heterocycles. The first-order valence-electron chi connectivity index (χ1n) is 19.5. The van der Waals surface area contributed by atoms with E-state index in [0.29, 0.717) is 0 Å². The zero-order valence-electron chi connectivity index (χ0n) is 32.8. The lowest BCUT2D eigenvalue weighted by molar-refractivity contribution is -0.385. The molecule has 0 aliphatic heterocycles. The largest absolute Gasteiger partial charge is 0.543 e. The molecule has 0 aliphatic carbocycles. The van der Waals surface area contributed by atoms with E-state index in [4.69, 9.17) is 19.8 Å². The molecule has 0 fully saturated rings. The Morgan fingerprint density at radius 2 is 0.731 bits per heavy atom. The van der Waals surface area contributed by atoms with Gasteiger partial charge in [-0.2, -0.15) is 0 Å². The lowest BCUT2D eigenvalue weighted by Crippen LogP contribution is -2.50. The first-order valence-corrected chi connectivity index (χ1v) is 19.5. The Bertz CT molecular complexity index is 1190. The molecule has 2 unspecified atom stereocenters. The summed E-state index contributed by atoms with van der Waals surface area (Å²) in [6, 6.07) is 14.5. The average Bonchev–Trinajstić information content (AvgIpc) is 3.15. The van der Waals surface area contributed by atoms with Crippen LogP contribution in [0.3, 0.4) is 0 Å². The Labute approximate surface area is 312 Å². The van der Waals surface area contributed by atoms with Crippen LogP contribution in [0.4, 0.5) is 22.7 Å². The molecular formula is C40H66N4O8. The first kappa shape index (κ1) is 48.1. The Hall–Kier alpha value is -3.90. The van der Waals surface area contributed by atoms with E-state index in [9.17, 15) is 20.2 Å². The van der Waals surface area contributed by atoms with Gasteiger partial charge in [0.05, 0.1) is 61.1 Å². The number of unbranched alkanes of at least 4 members (excludes halogenated alkanes) is 10. The number of carbonyl (C=O) groups excluding carboxylic acids is 2. The fourth-order valence-electron chi connectivity index (χ4n) is 6.48. The summed E-state index contributed by atoms with van der Waals surface area (Å²) >= 11 is 0. The second kappa shape index (κ2) is 27.7. The van der Waals surface area contributed by atoms with Gasteiger partial charge >= 0.3 is 0 Å². The third-order valence-electron chi connectivity index (χ3n) is 9.85. The number of carbonyl (C=O) groups is 2. The summed E-state index contributed by atoms with van der Waals surface area (Å²) in [5.74, 6) is -4.37. The summed E-state index contributed by atoms with van der Waals surface area (Å²) in [4.78, 5) is 39.0. The molecule has 52 heavy (non-hydrogen) atoms. The van der Waals surface area contributed by atoms with Crippen LogP contribution in [0.2, 0.25) is 0 Å². The molecule has 2 aromatic rings. The van der Waals surface area contributed by atoms with Gasteiger partial charge in [-0.05, 0) is 52.4 Å². The molecule has 294 valence electrons. The molecule has 12 nitrogen and oxygen atoms in total. The summed E-state index contributed by atoms with van der Waals surface area (Å²) < 4.78 is 1.91. The number of hydrogen-bond donors (Lipinski definition) is 0. The second-order valence-electron chi connectivity index (χ2n) is 13.5. The Balaban J connectivity index is 0.000000864. The van der Waals surface area contributed by atoms with Crippen LogP contribution in [0.15, 0.2) is 48.5 Å². The normalized spacial score (nSPS) is 13.0. The van der Waals surface area contributed by atoms with E-state index in [1.807, 2.05) is 24.3 Å². The molecule has 0 N–H and O–H groups in total. The van der Waals surface area contributed by atoms with Crippen LogP contribution < -0.4 is 19.2 Å². The standard InChI is InChI=1S/2C19H33N2O2.C2H2O4/c2*1-4-7-9-10-11-17-21(6-3,16-8-5-2)19-14-12-18(13-15-19)20(22)23;3-1(4)2(5)6/h2*12-15H,4-11,16-17H2,1-3H3;(H,3,4)(H,5,6)/q2*+1;/p-2. The molecule has 0 saturated heterocycles. The fraction of sp³-hybridized carbons (Fsp3) is 0.650. The van der Waals surface area contributed by atoms with Gasteiger partial charge in [-0.25, -0.2) is 0 Å². The number of hydrogen-bond acceptors (Lipinski definition) is 8. The van der Waals surface area contributed by atoms with Crippen LogP contribution in [0.25, 0.3) is 0 Å². The zero-order chi connectivity index (χ0) is 39.4. The number of benzene rings is 2. The molecule has 0 radical (unpaired) electrons. The SMILES string of the molecule is CCCCCCC[N+](CC)(CCCC)c1ccc([N+](=O)[O-])cc1.CCCCCCC[N+](CC)(CCCC)c1ccc([N+](=O)[O-])cc1.O=C([O-])C(=O)[O-]. The Morgan fingerprint density at radius 3 is 0.962 bits per heavy atom. The molecule has 12 heteroatoms. The monoisotopic (exact) mass is 730 g/mol. The number of nitro groups is 2. The summed E-state index contributed by atoms with van der Waals surface area (Å²) in [6.07, 6.45) is 17.6. The molecule has 2 rings (SSSR count). The van der Waals surface area contributed by atoms with Gasteiger partial charge in [0.15, 0.2) is 0 Å². The molecular weight excluding hydrogens is 664 g/mol. The average molecular weight is 731 g/mol. The van der Waals surface area contributed by atoms with E-state index in [2.05, 4.69) is 41.5 Å². The highest BCUT2D eigenvalue weighted by Gasteiger charge is 2.29. The maximum absolute atomic E-state index is 10.9. The quantitative estimate of drug-likeness (QED) is 0.0346. The number of quaternary nitrogens is 2. The van der Waals surface area contributed by atoms with Crippen LogP contribution in [0.1, 0.15) is 131 Å². The van der Waals surface area contributed by atoms with E-state index >= 15 is 0 Å². The summed E-state index contributed by atoms with van der Waals surface area (Å²) in [5.41, 5.74) is 2.81. The van der Waals surface area contributed by atoms with Crippen molar-refractivity contribution in [3.05, 3.63) is 68.8 Å². The van der Waals surface area contributed by atoms with Crippen molar-refractivity contribution in [1.82, 2.24) is 8.97 Å². The van der Waals surface area contributed by atoms with E-state index in [0.717, 1.165) is 48.2 Å². The van der Waals surface area contributed by atoms with Gasteiger partial charge in [0.1, 0.15) is 11.4 Å². The van der Waals surface area contributed by atoms with Crippen molar-refractivity contribution in [2.75, 3.05) is 39.3 Å². The lowest BCUT2D eigenvalue weighted by Gasteiger charge is -2.37. The number of aliphatic carboxylic acids is 2. The van der Waals surface area contributed by atoms with Crippen LogP contribution >= 0.6 is 0 Å². The van der Waals surface area contributed by atoms with Gasteiger partial charge in [-0.1, -0.05) is 79.1 Å². The van der Waals surface area contributed by atoms with Crippen LogP contribution in [0, 0.1) is 20.2 Å². The second-order valence-corrected chi connectivity index (χ2v) is 13.5. The smallest absolute Gasteiger partial charge is 0.269 e. The highest BCUT2D eigenvalue weighted by atomic mass is 16.6. The van der Waals surface area contributed by atoms with Gasteiger partial charge in [0.25, 0.3) is 11.4 Å². The minimum atomic E-state index is -2.19. The van der Waals surface area contributed by atoms with Gasteiger partial charge in [0, 0.05) is 48.5 Å². The fourth-order valence-corrected chi connectivity index (χ4v) is 6.48. The van der Waals surface area contributed by atoms with Crippen molar-refractivity contribution >= 4 is 34.7 Å². The van der Waals surface area contributed by atoms with E-state index in [1.165, 1.54) is 101 Å². The van der Waals surface area contributed by atoms with Crippen molar-refractivity contribution < 1.29 is 29.6 Å². The number of rotatable bonds is 24. The molecule has 2 aromatic carbocycles. The maximum atomic E-state index is 10.9.